The van der Waals surface area contributed by atoms with Crippen LogP contribution in [0.1, 0.15) is 24.8 Å². The molecule has 1 saturated heterocycles. The molecule has 1 unspecified atom stereocenters. The third kappa shape index (κ3) is 2.50. The Morgan fingerprint density at radius 2 is 2.32 bits per heavy atom. The number of aromatic nitrogens is 2. The summed E-state index contributed by atoms with van der Waals surface area (Å²) < 4.78 is 16.8. The molecule has 1 aromatic carbocycles. The van der Waals surface area contributed by atoms with Crippen molar-refractivity contribution in [3.8, 4) is 17.1 Å². The van der Waals surface area contributed by atoms with E-state index in [1.165, 1.54) is 0 Å². The second kappa shape index (κ2) is 5.30. The first kappa shape index (κ1) is 12.6. The standard InChI is InChI=1S/C13H13BrN2O3/c1-17-10-5-4-8(7-9(10)14)12-15-13(19-16-12)11-3-2-6-18-11/h4-5,7,11H,2-3,6H2,1H3. The Kier molecular flexibility index (Phi) is 3.52. The second-order valence-electron chi connectivity index (χ2n) is 4.31. The summed E-state index contributed by atoms with van der Waals surface area (Å²) in [5.41, 5.74) is 0.876. The van der Waals surface area contributed by atoms with Gasteiger partial charge in [0.2, 0.25) is 5.82 Å². The van der Waals surface area contributed by atoms with Gasteiger partial charge in [0, 0.05) is 12.2 Å². The quantitative estimate of drug-likeness (QED) is 0.866. The molecule has 0 saturated carbocycles. The Balaban J connectivity index is 1.87. The zero-order valence-corrected chi connectivity index (χ0v) is 12.0. The van der Waals surface area contributed by atoms with Crippen molar-refractivity contribution in [2.24, 2.45) is 0 Å². The van der Waals surface area contributed by atoms with Crippen LogP contribution in [0, 0.1) is 0 Å². The van der Waals surface area contributed by atoms with Crippen LogP contribution in [0.4, 0.5) is 0 Å². The van der Waals surface area contributed by atoms with E-state index in [9.17, 15) is 0 Å². The van der Waals surface area contributed by atoms with Crippen LogP contribution in [-0.2, 0) is 4.74 Å². The maximum atomic E-state index is 5.52. The molecule has 1 aromatic heterocycles. The molecule has 2 aromatic rings. The van der Waals surface area contributed by atoms with E-state index in [-0.39, 0.29) is 6.10 Å². The number of hydrogen-bond acceptors (Lipinski definition) is 5. The summed E-state index contributed by atoms with van der Waals surface area (Å²) in [5.74, 6) is 1.89. The van der Waals surface area contributed by atoms with Gasteiger partial charge >= 0.3 is 0 Å². The van der Waals surface area contributed by atoms with Gasteiger partial charge in [0.05, 0.1) is 11.6 Å². The average Bonchev–Trinajstić information content (AvgIpc) is 3.09. The third-order valence-electron chi connectivity index (χ3n) is 3.06. The Hall–Kier alpha value is -1.40. The van der Waals surface area contributed by atoms with E-state index < -0.39 is 0 Å². The lowest BCUT2D eigenvalue weighted by atomic mass is 10.2. The van der Waals surface area contributed by atoms with Gasteiger partial charge in [-0.2, -0.15) is 4.98 Å². The fourth-order valence-electron chi connectivity index (χ4n) is 2.06. The van der Waals surface area contributed by atoms with E-state index in [0.717, 1.165) is 35.2 Å². The smallest absolute Gasteiger partial charge is 0.256 e. The molecule has 5 nitrogen and oxygen atoms in total. The molecule has 0 spiro atoms. The fourth-order valence-corrected chi connectivity index (χ4v) is 2.60. The molecule has 6 heteroatoms. The molecule has 1 atom stereocenters. The van der Waals surface area contributed by atoms with E-state index in [4.69, 9.17) is 14.0 Å². The molecule has 1 aliphatic rings. The molecule has 1 aliphatic heterocycles. The Bertz CT molecular complexity index is 579. The van der Waals surface area contributed by atoms with Crippen molar-refractivity contribution in [3.05, 3.63) is 28.6 Å². The van der Waals surface area contributed by atoms with E-state index in [2.05, 4.69) is 26.1 Å². The van der Waals surface area contributed by atoms with Crippen molar-refractivity contribution < 1.29 is 14.0 Å². The van der Waals surface area contributed by atoms with Gasteiger partial charge in [-0.15, -0.1) is 0 Å². The average molecular weight is 325 g/mol. The maximum absolute atomic E-state index is 5.52. The first-order valence-corrected chi connectivity index (χ1v) is 6.86. The van der Waals surface area contributed by atoms with Gasteiger partial charge in [-0.1, -0.05) is 5.16 Å². The summed E-state index contributed by atoms with van der Waals surface area (Å²) in [7, 11) is 1.63. The highest BCUT2D eigenvalue weighted by molar-refractivity contribution is 9.10. The molecule has 0 amide bonds. The van der Waals surface area contributed by atoms with Crippen molar-refractivity contribution >= 4 is 15.9 Å². The number of rotatable bonds is 3. The molecule has 0 radical (unpaired) electrons. The van der Waals surface area contributed by atoms with Crippen LogP contribution < -0.4 is 4.74 Å². The van der Waals surface area contributed by atoms with Gasteiger partial charge in [-0.3, -0.25) is 0 Å². The number of nitrogens with zero attached hydrogens (tertiary/aromatic N) is 2. The Morgan fingerprint density at radius 3 is 3.00 bits per heavy atom. The molecular formula is C13H13BrN2O3. The van der Waals surface area contributed by atoms with Crippen molar-refractivity contribution in [1.29, 1.82) is 0 Å². The van der Waals surface area contributed by atoms with Crippen LogP contribution in [0.5, 0.6) is 5.75 Å². The predicted molar refractivity (Wildman–Crippen MR) is 71.9 cm³/mol. The highest BCUT2D eigenvalue weighted by atomic mass is 79.9. The summed E-state index contributed by atoms with van der Waals surface area (Å²) in [4.78, 5) is 4.39. The van der Waals surface area contributed by atoms with Crippen LogP contribution >= 0.6 is 15.9 Å². The highest BCUT2D eigenvalue weighted by Gasteiger charge is 2.24. The van der Waals surface area contributed by atoms with Crippen molar-refractivity contribution in [2.75, 3.05) is 13.7 Å². The van der Waals surface area contributed by atoms with E-state index in [1.807, 2.05) is 18.2 Å². The van der Waals surface area contributed by atoms with Crippen LogP contribution in [0.3, 0.4) is 0 Å². The maximum Gasteiger partial charge on any atom is 0.256 e. The van der Waals surface area contributed by atoms with Crippen LogP contribution in [0.2, 0.25) is 0 Å². The Morgan fingerprint density at radius 1 is 1.42 bits per heavy atom. The van der Waals surface area contributed by atoms with Crippen LogP contribution in [0.15, 0.2) is 27.2 Å². The molecule has 3 rings (SSSR count). The lowest BCUT2D eigenvalue weighted by molar-refractivity contribution is 0.0835. The largest absolute Gasteiger partial charge is 0.496 e. The summed E-state index contributed by atoms with van der Waals surface area (Å²) in [5, 5.41) is 4.00. The summed E-state index contributed by atoms with van der Waals surface area (Å²) in [6, 6.07) is 5.66. The Labute approximate surface area is 119 Å². The van der Waals surface area contributed by atoms with Gasteiger partial charge in [0.15, 0.2) is 0 Å². The SMILES string of the molecule is COc1ccc(-c2noc(C3CCCO3)n2)cc1Br. The topological polar surface area (TPSA) is 57.4 Å². The van der Waals surface area contributed by atoms with Gasteiger partial charge in [-0.25, -0.2) is 0 Å². The molecule has 0 aliphatic carbocycles. The first-order valence-electron chi connectivity index (χ1n) is 6.07. The predicted octanol–water partition coefficient (Wildman–Crippen LogP) is 3.36. The highest BCUT2D eigenvalue weighted by Crippen LogP contribution is 2.31. The van der Waals surface area contributed by atoms with Crippen molar-refractivity contribution in [2.45, 2.75) is 18.9 Å². The molecular weight excluding hydrogens is 312 g/mol. The minimum absolute atomic E-state index is 0.0528. The lowest BCUT2D eigenvalue weighted by Gasteiger charge is -2.03. The third-order valence-corrected chi connectivity index (χ3v) is 3.68. The number of ether oxygens (including phenoxy) is 2. The van der Waals surface area contributed by atoms with Gasteiger partial charge in [0.1, 0.15) is 11.9 Å². The van der Waals surface area contributed by atoms with E-state index in [0.29, 0.717) is 11.7 Å². The molecule has 1 fully saturated rings. The minimum atomic E-state index is -0.0528. The lowest BCUT2D eigenvalue weighted by Crippen LogP contribution is -1.95. The minimum Gasteiger partial charge on any atom is -0.496 e. The van der Waals surface area contributed by atoms with Gasteiger partial charge in [0.25, 0.3) is 5.89 Å². The second-order valence-corrected chi connectivity index (χ2v) is 5.16. The molecule has 2 heterocycles. The number of halogens is 1. The molecule has 0 bridgehead atoms. The van der Waals surface area contributed by atoms with Crippen LogP contribution in [-0.4, -0.2) is 23.9 Å². The zero-order chi connectivity index (χ0) is 13.2. The summed E-state index contributed by atoms with van der Waals surface area (Å²) >= 11 is 3.44. The fraction of sp³-hybridized carbons (Fsp3) is 0.385. The van der Waals surface area contributed by atoms with Gasteiger partial charge < -0.3 is 14.0 Å². The van der Waals surface area contributed by atoms with Crippen molar-refractivity contribution in [3.63, 3.8) is 0 Å². The normalized spacial score (nSPS) is 18.7. The molecule has 100 valence electrons. The molecule has 19 heavy (non-hydrogen) atoms. The molecule has 0 N–H and O–H groups in total. The van der Waals surface area contributed by atoms with E-state index in [1.54, 1.807) is 7.11 Å². The number of benzene rings is 1. The zero-order valence-electron chi connectivity index (χ0n) is 10.4. The van der Waals surface area contributed by atoms with E-state index >= 15 is 0 Å². The van der Waals surface area contributed by atoms with Crippen molar-refractivity contribution in [1.82, 2.24) is 10.1 Å². The number of hydrogen-bond donors (Lipinski definition) is 0. The van der Waals surface area contributed by atoms with Gasteiger partial charge in [-0.05, 0) is 47.0 Å². The van der Waals surface area contributed by atoms with Crippen LogP contribution in [0.25, 0.3) is 11.4 Å². The monoisotopic (exact) mass is 324 g/mol. The summed E-state index contributed by atoms with van der Waals surface area (Å²) in [6.45, 7) is 0.760. The summed E-state index contributed by atoms with van der Waals surface area (Å²) in [6.07, 6.45) is 1.92. The first-order chi connectivity index (χ1) is 9.28. The number of methoxy groups -OCH3 is 1.